The molecule has 0 aliphatic heterocycles. The molecule has 0 aliphatic rings. The lowest BCUT2D eigenvalue weighted by molar-refractivity contribution is 0.0640. The van der Waals surface area contributed by atoms with E-state index in [2.05, 4.69) is 27.7 Å². The molecular formula is C17H26FNO. The standard InChI is InChI=1S/C17H26FNO/c1-6-15(7-2)19(11-12(3)4)17(20)14-8-9-16(18)13(5)10-14/h8-10,12,15H,6-7,11H2,1-5H3. The molecule has 20 heavy (non-hydrogen) atoms. The van der Waals surface area contributed by atoms with E-state index in [0.717, 1.165) is 19.4 Å². The molecule has 1 amide bonds. The minimum Gasteiger partial charge on any atom is -0.335 e. The Kier molecular flexibility index (Phi) is 6.18. The van der Waals surface area contributed by atoms with Gasteiger partial charge in [0.1, 0.15) is 5.82 Å². The van der Waals surface area contributed by atoms with E-state index in [-0.39, 0.29) is 17.8 Å². The van der Waals surface area contributed by atoms with Crippen molar-refractivity contribution >= 4 is 5.91 Å². The van der Waals surface area contributed by atoms with Crippen molar-refractivity contribution < 1.29 is 9.18 Å². The van der Waals surface area contributed by atoms with Crippen LogP contribution in [0.5, 0.6) is 0 Å². The molecule has 0 aliphatic carbocycles. The van der Waals surface area contributed by atoms with Crippen LogP contribution in [0.4, 0.5) is 4.39 Å². The maximum atomic E-state index is 13.3. The summed E-state index contributed by atoms with van der Waals surface area (Å²) in [5, 5.41) is 0. The number of benzene rings is 1. The molecule has 1 aromatic carbocycles. The van der Waals surface area contributed by atoms with Crippen molar-refractivity contribution in [2.45, 2.75) is 53.5 Å². The lowest BCUT2D eigenvalue weighted by Gasteiger charge is -2.32. The van der Waals surface area contributed by atoms with Crippen molar-refractivity contribution in [3.05, 3.63) is 35.1 Å². The highest BCUT2D eigenvalue weighted by molar-refractivity contribution is 5.94. The number of halogens is 1. The molecular weight excluding hydrogens is 253 g/mol. The molecule has 0 bridgehead atoms. The van der Waals surface area contributed by atoms with E-state index in [1.165, 1.54) is 6.07 Å². The van der Waals surface area contributed by atoms with Gasteiger partial charge in [0, 0.05) is 18.2 Å². The maximum absolute atomic E-state index is 13.3. The first kappa shape index (κ1) is 16.7. The Morgan fingerprint density at radius 3 is 2.30 bits per heavy atom. The second kappa shape index (κ2) is 7.41. The number of aryl methyl sites for hydroxylation is 1. The number of nitrogens with zero attached hydrogens (tertiary/aromatic N) is 1. The van der Waals surface area contributed by atoms with E-state index >= 15 is 0 Å². The van der Waals surface area contributed by atoms with Gasteiger partial charge in [-0.1, -0.05) is 27.7 Å². The minimum atomic E-state index is -0.264. The average molecular weight is 279 g/mol. The maximum Gasteiger partial charge on any atom is 0.254 e. The average Bonchev–Trinajstić information content (AvgIpc) is 2.41. The van der Waals surface area contributed by atoms with Crippen LogP contribution >= 0.6 is 0 Å². The molecule has 3 heteroatoms. The van der Waals surface area contributed by atoms with Crippen LogP contribution < -0.4 is 0 Å². The van der Waals surface area contributed by atoms with Gasteiger partial charge in [-0.25, -0.2) is 4.39 Å². The Morgan fingerprint density at radius 2 is 1.85 bits per heavy atom. The van der Waals surface area contributed by atoms with Gasteiger partial charge in [-0.3, -0.25) is 4.79 Å². The van der Waals surface area contributed by atoms with Crippen molar-refractivity contribution in [1.82, 2.24) is 4.90 Å². The zero-order valence-corrected chi connectivity index (χ0v) is 13.2. The van der Waals surface area contributed by atoms with Gasteiger partial charge in [-0.2, -0.15) is 0 Å². The zero-order chi connectivity index (χ0) is 15.3. The highest BCUT2D eigenvalue weighted by atomic mass is 19.1. The summed E-state index contributed by atoms with van der Waals surface area (Å²) >= 11 is 0. The summed E-state index contributed by atoms with van der Waals surface area (Å²) in [6, 6.07) is 4.85. The highest BCUT2D eigenvalue weighted by Gasteiger charge is 2.23. The summed E-state index contributed by atoms with van der Waals surface area (Å²) in [7, 11) is 0. The largest absolute Gasteiger partial charge is 0.335 e. The van der Waals surface area contributed by atoms with Gasteiger partial charge in [0.2, 0.25) is 0 Å². The summed E-state index contributed by atoms with van der Waals surface area (Å²) in [4.78, 5) is 14.6. The second-order valence-corrected chi connectivity index (χ2v) is 5.79. The molecule has 0 unspecified atom stereocenters. The normalized spacial score (nSPS) is 11.2. The summed E-state index contributed by atoms with van der Waals surface area (Å²) in [6.45, 7) is 10.9. The molecule has 0 saturated carbocycles. The first-order valence-corrected chi connectivity index (χ1v) is 7.47. The molecule has 0 spiro atoms. The lowest BCUT2D eigenvalue weighted by atomic mass is 10.0. The molecule has 1 rings (SSSR count). The Balaban J connectivity index is 3.05. The highest BCUT2D eigenvalue weighted by Crippen LogP contribution is 2.17. The summed E-state index contributed by atoms with van der Waals surface area (Å²) < 4.78 is 13.3. The van der Waals surface area contributed by atoms with Crippen LogP contribution in [0.15, 0.2) is 18.2 Å². The van der Waals surface area contributed by atoms with Gasteiger partial charge in [-0.05, 0) is 49.4 Å². The van der Waals surface area contributed by atoms with Gasteiger partial charge in [0.05, 0.1) is 0 Å². The van der Waals surface area contributed by atoms with Crippen molar-refractivity contribution in [1.29, 1.82) is 0 Å². The Bertz CT molecular complexity index is 452. The molecule has 0 N–H and O–H groups in total. The third-order valence-electron chi connectivity index (χ3n) is 3.61. The van der Waals surface area contributed by atoms with Gasteiger partial charge in [0.25, 0.3) is 5.91 Å². The second-order valence-electron chi connectivity index (χ2n) is 5.79. The predicted octanol–water partition coefficient (Wildman–Crippen LogP) is 4.42. The molecule has 0 atom stereocenters. The number of hydrogen-bond donors (Lipinski definition) is 0. The van der Waals surface area contributed by atoms with Crippen LogP contribution in [0.1, 0.15) is 56.5 Å². The van der Waals surface area contributed by atoms with Crippen molar-refractivity contribution in [3.63, 3.8) is 0 Å². The third kappa shape index (κ3) is 4.06. The van der Waals surface area contributed by atoms with Gasteiger partial charge < -0.3 is 4.90 Å². The van der Waals surface area contributed by atoms with Crippen molar-refractivity contribution in [2.75, 3.05) is 6.54 Å². The van der Waals surface area contributed by atoms with Gasteiger partial charge >= 0.3 is 0 Å². The first-order chi connectivity index (χ1) is 9.40. The van der Waals surface area contributed by atoms with E-state index in [1.54, 1.807) is 19.1 Å². The molecule has 2 nitrogen and oxygen atoms in total. The number of amides is 1. The van der Waals surface area contributed by atoms with E-state index in [1.807, 2.05) is 4.90 Å². The van der Waals surface area contributed by atoms with Gasteiger partial charge in [-0.15, -0.1) is 0 Å². The minimum absolute atomic E-state index is 0.00972. The first-order valence-electron chi connectivity index (χ1n) is 7.47. The van der Waals surface area contributed by atoms with E-state index < -0.39 is 0 Å². The fourth-order valence-corrected chi connectivity index (χ4v) is 2.46. The molecule has 0 saturated heterocycles. The topological polar surface area (TPSA) is 20.3 Å². The number of carbonyl (C=O) groups is 1. The summed E-state index contributed by atoms with van der Waals surface area (Å²) in [5.74, 6) is 0.163. The Labute approximate surface area is 122 Å². The monoisotopic (exact) mass is 279 g/mol. The molecule has 1 aromatic rings. The molecule has 0 fully saturated rings. The fraction of sp³-hybridized carbons (Fsp3) is 0.588. The fourth-order valence-electron chi connectivity index (χ4n) is 2.46. The van der Waals surface area contributed by atoms with E-state index in [0.29, 0.717) is 17.0 Å². The smallest absolute Gasteiger partial charge is 0.254 e. The predicted molar refractivity (Wildman–Crippen MR) is 81.4 cm³/mol. The SMILES string of the molecule is CCC(CC)N(CC(C)C)C(=O)c1ccc(F)c(C)c1. The molecule has 0 heterocycles. The molecule has 0 aromatic heterocycles. The van der Waals surface area contributed by atoms with Gasteiger partial charge in [0.15, 0.2) is 0 Å². The van der Waals surface area contributed by atoms with E-state index in [4.69, 9.17) is 0 Å². The number of carbonyl (C=O) groups excluding carboxylic acids is 1. The van der Waals surface area contributed by atoms with Crippen LogP contribution in [0.3, 0.4) is 0 Å². The van der Waals surface area contributed by atoms with Crippen molar-refractivity contribution in [3.8, 4) is 0 Å². The van der Waals surface area contributed by atoms with Crippen LogP contribution in [0.2, 0.25) is 0 Å². The van der Waals surface area contributed by atoms with Crippen LogP contribution in [-0.2, 0) is 0 Å². The summed E-state index contributed by atoms with van der Waals surface area (Å²) in [5.41, 5.74) is 1.10. The Morgan fingerprint density at radius 1 is 1.25 bits per heavy atom. The number of rotatable bonds is 6. The lowest BCUT2D eigenvalue weighted by Crippen LogP contribution is -2.42. The van der Waals surface area contributed by atoms with Crippen LogP contribution in [0, 0.1) is 18.7 Å². The third-order valence-corrected chi connectivity index (χ3v) is 3.61. The van der Waals surface area contributed by atoms with Crippen LogP contribution in [-0.4, -0.2) is 23.4 Å². The Hall–Kier alpha value is -1.38. The summed E-state index contributed by atoms with van der Waals surface area (Å²) in [6.07, 6.45) is 1.88. The van der Waals surface area contributed by atoms with Crippen molar-refractivity contribution in [2.24, 2.45) is 5.92 Å². The molecule has 0 radical (unpaired) electrons. The van der Waals surface area contributed by atoms with Crippen LogP contribution in [0.25, 0.3) is 0 Å². The zero-order valence-electron chi connectivity index (χ0n) is 13.2. The number of hydrogen-bond acceptors (Lipinski definition) is 1. The molecule has 112 valence electrons. The quantitative estimate of drug-likeness (QED) is 0.754. The van der Waals surface area contributed by atoms with E-state index in [9.17, 15) is 9.18 Å².